The van der Waals surface area contributed by atoms with Gasteiger partial charge in [-0.1, -0.05) is 196 Å². The van der Waals surface area contributed by atoms with Crippen molar-refractivity contribution >= 4 is 226 Å². The van der Waals surface area contributed by atoms with E-state index in [0.29, 0.717) is 0 Å². The third-order valence-electron chi connectivity index (χ3n) is 29.9. The Balaban J connectivity index is 0.000000130. The maximum atomic E-state index is 6.62. The molecular formula is C102H100O2S18. The minimum atomic E-state index is -0.543. The molecule has 7 aliphatic rings. The highest BCUT2D eigenvalue weighted by Gasteiger charge is 2.68. The molecule has 19 rings (SSSR count). The summed E-state index contributed by atoms with van der Waals surface area (Å²) in [7, 11) is 0. The van der Waals surface area contributed by atoms with E-state index in [0.717, 1.165) is 188 Å². The summed E-state index contributed by atoms with van der Waals surface area (Å²) < 4.78 is 13.2. The fourth-order valence-electron chi connectivity index (χ4n) is 24.2. The van der Waals surface area contributed by atoms with Gasteiger partial charge in [-0.25, -0.2) is 0 Å². The summed E-state index contributed by atoms with van der Waals surface area (Å²) in [6, 6.07) is 78.3. The van der Waals surface area contributed by atoms with Crippen molar-refractivity contribution in [3.63, 3.8) is 0 Å². The highest BCUT2D eigenvalue weighted by atomic mass is 32.2. The van der Waals surface area contributed by atoms with Gasteiger partial charge in [-0.3, -0.25) is 0 Å². The number of fused-ring (bicyclic) bond motifs is 8. The Hall–Kier alpha value is -3.46. The molecule has 0 bridgehead atoms. The molecule has 122 heavy (non-hydrogen) atoms. The normalized spacial score (nSPS) is 18.1. The van der Waals surface area contributed by atoms with Gasteiger partial charge < -0.3 is 9.47 Å². The number of hydrogen-bond donors (Lipinski definition) is 16. The molecule has 0 radical (unpaired) electrons. The lowest BCUT2D eigenvalue weighted by molar-refractivity contribution is 0.0187. The number of benzene rings is 12. The zero-order valence-corrected chi connectivity index (χ0v) is 84.6. The fraction of sp³-hybridized carbons (Fsp3) is 0.294. The van der Waals surface area contributed by atoms with Gasteiger partial charge in [0.15, 0.2) is 0 Å². The monoisotopic (exact) mass is 1930 g/mol. The van der Waals surface area contributed by atoms with Gasteiger partial charge in [0.2, 0.25) is 0 Å². The van der Waals surface area contributed by atoms with Gasteiger partial charge in [-0.15, -0.1) is 202 Å². The molecule has 3 fully saturated rings. The average Bonchev–Trinajstić information content (AvgIpc) is 0.673. The van der Waals surface area contributed by atoms with Crippen LogP contribution in [-0.2, 0) is 32.5 Å². The van der Waals surface area contributed by atoms with Crippen LogP contribution in [0.4, 0.5) is 0 Å². The van der Waals surface area contributed by atoms with E-state index in [-0.39, 0.29) is 37.9 Å². The van der Waals surface area contributed by atoms with Gasteiger partial charge in [0, 0.05) is 153 Å². The molecule has 0 atom stereocenters. The van der Waals surface area contributed by atoms with E-state index in [1.54, 1.807) is 0 Å². The molecule has 12 aromatic carbocycles. The lowest BCUT2D eigenvalue weighted by Crippen LogP contribution is -2.59. The van der Waals surface area contributed by atoms with E-state index in [2.05, 4.69) is 310 Å². The Labute approximate surface area is 818 Å². The predicted octanol–water partition coefficient (Wildman–Crippen LogP) is 32.6. The van der Waals surface area contributed by atoms with E-state index < -0.39 is 10.8 Å². The van der Waals surface area contributed by atoms with E-state index >= 15 is 0 Å². The van der Waals surface area contributed by atoms with Crippen molar-refractivity contribution in [2.24, 2.45) is 16.2 Å². The predicted molar refractivity (Wildman–Crippen MR) is 557 cm³/mol. The minimum absolute atomic E-state index is 0.0837. The first-order chi connectivity index (χ1) is 58.2. The zero-order chi connectivity index (χ0) is 86.2. The molecule has 0 saturated heterocycles. The minimum Gasteiger partial charge on any atom is -0.457 e. The van der Waals surface area contributed by atoms with Crippen molar-refractivity contribution in [1.29, 1.82) is 0 Å². The molecule has 0 aromatic heterocycles. The molecule has 3 aliphatic carbocycles. The van der Waals surface area contributed by atoms with Gasteiger partial charge in [0.25, 0.3) is 0 Å². The van der Waals surface area contributed by atoms with Crippen molar-refractivity contribution < 1.29 is 9.47 Å². The summed E-state index contributed by atoms with van der Waals surface area (Å²) >= 11 is 80.8. The SMILES string of the molecule is CC(c1ccc(S)cc1S)(c1ccc(S)cc1S)C1(C(C)(c2ccc(S)cc2S)c2ccc(S)cc2S)CCCCC1.CC1(C2(C3(C)c4ccc(S)cc4Oc4cc(S)ccc43)CCCCC2)c2ccc(S)cc2Oc2cc(S)ccc21.CC1(C2(C3(C)c4ccc(S)cc4Sc4cc(S)ccc43)CCCCC2)c2ccc(S)cc2Sc2cc(S)ccc21. The number of thiol groups is 16. The molecular weight excluding hydrogens is 1830 g/mol. The largest absolute Gasteiger partial charge is 0.457 e. The molecule has 0 spiro atoms. The number of hydrogen-bond acceptors (Lipinski definition) is 20. The van der Waals surface area contributed by atoms with Crippen LogP contribution in [0.3, 0.4) is 0 Å². The second-order valence-electron chi connectivity index (χ2n) is 35.3. The molecule has 20 heteroatoms. The topological polar surface area (TPSA) is 18.5 Å². The quantitative estimate of drug-likeness (QED) is 0.0626. The van der Waals surface area contributed by atoms with Crippen molar-refractivity contribution in [3.8, 4) is 23.0 Å². The van der Waals surface area contributed by atoms with Crippen molar-refractivity contribution in [3.05, 3.63) is 285 Å². The Morgan fingerprint density at radius 1 is 0.230 bits per heavy atom. The van der Waals surface area contributed by atoms with Gasteiger partial charge in [0.05, 0.1) is 0 Å². The van der Waals surface area contributed by atoms with Crippen molar-refractivity contribution in [2.45, 2.75) is 268 Å². The van der Waals surface area contributed by atoms with Crippen molar-refractivity contribution in [1.82, 2.24) is 0 Å². The molecule has 4 heterocycles. The molecule has 0 N–H and O–H groups in total. The maximum absolute atomic E-state index is 6.62. The highest BCUT2D eigenvalue weighted by Crippen LogP contribution is 2.75. The molecule has 4 aliphatic heterocycles. The first kappa shape index (κ1) is 90.5. The summed E-state index contributed by atoms with van der Waals surface area (Å²) in [5.74, 6) is 3.50. The summed E-state index contributed by atoms with van der Waals surface area (Å²) in [6.45, 7) is 14.8. The van der Waals surface area contributed by atoms with Crippen LogP contribution >= 0.6 is 226 Å². The molecule has 628 valence electrons. The van der Waals surface area contributed by atoms with E-state index in [9.17, 15) is 0 Å². The maximum Gasteiger partial charge on any atom is 0.132 e. The summed E-state index contributed by atoms with van der Waals surface area (Å²) in [6.07, 6.45) is 17.1. The van der Waals surface area contributed by atoms with Crippen LogP contribution in [0.15, 0.2) is 316 Å². The van der Waals surface area contributed by atoms with Crippen LogP contribution < -0.4 is 9.47 Å². The first-order valence-electron chi connectivity index (χ1n) is 41.7. The summed E-state index contributed by atoms with van der Waals surface area (Å²) in [4.78, 5) is 20.0. The van der Waals surface area contributed by atoms with Gasteiger partial charge in [-0.2, -0.15) is 0 Å². The first-order valence-corrected chi connectivity index (χ1v) is 50.5. The lowest BCUT2D eigenvalue weighted by Gasteiger charge is -2.63. The van der Waals surface area contributed by atoms with E-state index in [4.69, 9.17) is 161 Å². The van der Waals surface area contributed by atoms with Crippen LogP contribution in [0.2, 0.25) is 0 Å². The fourth-order valence-corrected chi connectivity index (χ4v) is 31.9. The molecule has 12 aromatic rings. The standard InChI is InChI=1S/C34H32O2S4.C34H36S8.C34H32S6/c1-32(24-10-6-20(37)16-28(24)35-29-17-21(38)7-11-25(29)32)34(14-4-3-5-15-34)33(2)26-12-8-22(39)18-30(26)36-31-19-23(40)9-13-27(31)33;1-32(24-10-6-20(35)16-28(24)39,25-11-7-21(36)17-29(25)40)34(14-4-3-5-15-34)33(2,26-12-8-22(37)18-30(26)41)27-13-9-23(38)19-31(27)42;1-32(24-10-6-20(35)16-28(24)39-29-17-21(36)7-11-25(29)32)34(14-4-3-5-15-34)33(2)26-12-8-22(37)18-30(26)40-31-19-23(38)9-13-27(31)33/h6-13,16-19,37-40H,3-5,14-15H2,1-2H3;6-13,16-19,35-42H,3-5,14-15H2,1-2H3;6-13,16-19,35-38H,3-5,14-15H2,1-2H3. The number of ether oxygens (including phenoxy) is 2. The molecule has 2 nitrogen and oxygen atoms in total. The molecule has 0 amide bonds. The Bertz CT molecular complexity index is 5240. The summed E-state index contributed by atoms with van der Waals surface area (Å²) in [5, 5.41) is 0. The van der Waals surface area contributed by atoms with Gasteiger partial charge in [0.1, 0.15) is 23.0 Å². The Kier molecular flexibility index (Phi) is 26.0. The summed E-state index contributed by atoms with van der Waals surface area (Å²) in [5.41, 5.74) is 12.1. The third-order valence-corrected chi connectivity index (χ3v) is 36.9. The van der Waals surface area contributed by atoms with Gasteiger partial charge in [-0.05, 0) is 245 Å². The average molecular weight is 1940 g/mol. The zero-order valence-electron chi connectivity index (χ0n) is 68.7. The second kappa shape index (κ2) is 35.0. The van der Waals surface area contributed by atoms with Gasteiger partial charge >= 0.3 is 0 Å². The van der Waals surface area contributed by atoms with Crippen LogP contribution in [0.1, 0.15) is 205 Å². The van der Waals surface area contributed by atoms with E-state index in [1.807, 2.05) is 23.5 Å². The molecule has 3 saturated carbocycles. The third kappa shape index (κ3) is 14.8. The Morgan fingerprint density at radius 3 is 0.648 bits per heavy atom. The van der Waals surface area contributed by atoms with Crippen LogP contribution in [0.5, 0.6) is 23.0 Å². The van der Waals surface area contributed by atoms with Crippen molar-refractivity contribution in [2.75, 3.05) is 0 Å². The second-order valence-corrected chi connectivity index (χ2v) is 45.6. The van der Waals surface area contributed by atoms with Crippen LogP contribution in [0.25, 0.3) is 0 Å². The van der Waals surface area contributed by atoms with Crippen LogP contribution in [0, 0.1) is 16.2 Å². The van der Waals surface area contributed by atoms with E-state index in [1.165, 1.54) is 96.2 Å². The smallest absolute Gasteiger partial charge is 0.132 e. The number of rotatable bonds is 10. The van der Waals surface area contributed by atoms with Crippen LogP contribution in [-0.4, -0.2) is 0 Å². The Morgan fingerprint density at radius 2 is 0.418 bits per heavy atom. The molecule has 0 unspecified atom stereocenters. The highest BCUT2D eigenvalue weighted by molar-refractivity contribution is 8.00. The lowest BCUT2D eigenvalue weighted by atomic mass is 9.40.